The van der Waals surface area contributed by atoms with E-state index >= 15 is 0 Å². The van der Waals surface area contributed by atoms with Crippen LogP contribution in [0, 0.1) is 0 Å². The van der Waals surface area contributed by atoms with Crippen LogP contribution in [0.25, 0.3) is 0 Å². The molecule has 0 atom stereocenters. The van der Waals surface area contributed by atoms with Crippen LogP contribution in [-0.4, -0.2) is 42.3 Å². The van der Waals surface area contributed by atoms with E-state index in [1.807, 2.05) is 32.9 Å². The number of carbonyl (C=O) groups excluding carboxylic acids is 1. The summed E-state index contributed by atoms with van der Waals surface area (Å²) in [4.78, 5) is 15.9. The lowest BCUT2D eigenvalue weighted by Crippen LogP contribution is -2.45. The molecule has 0 saturated carbocycles. The molecule has 132 valence electrons. The first kappa shape index (κ1) is 19.3. The van der Waals surface area contributed by atoms with E-state index in [0.717, 1.165) is 5.56 Å². The summed E-state index contributed by atoms with van der Waals surface area (Å²) in [7, 11) is 3.60. The molecule has 0 aliphatic heterocycles. The minimum absolute atomic E-state index is 0.233. The van der Waals surface area contributed by atoms with Gasteiger partial charge < -0.3 is 10.5 Å². The van der Waals surface area contributed by atoms with E-state index in [1.54, 1.807) is 30.8 Å². The van der Waals surface area contributed by atoms with E-state index in [2.05, 4.69) is 15.6 Å². The number of aliphatic imine (C=N–C) groups is 1. The first-order valence-corrected chi connectivity index (χ1v) is 7.52. The zero-order chi connectivity index (χ0) is 18.3. The van der Waals surface area contributed by atoms with E-state index in [9.17, 15) is 4.79 Å². The van der Waals surface area contributed by atoms with Crippen LogP contribution in [0.5, 0.6) is 0 Å². The summed E-state index contributed by atoms with van der Waals surface area (Å²) in [5.74, 6) is 0.644. The molecule has 8 heteroatoms. The van der Waals surface area contributed by atoms with Gasteiger partial charge in [-0.3, -0.25) is 15.6 Å². The Labute approximate surface area is 142 Å². The number of benzene rings is 1. The first-order chi connectivity index (χ1) is 11.1. The van der Waals surface area contributed by atoms with Crippen LogP contribution in [0.2, 0.25) is 0 Å². The van der Waals surface area contributed by atoms with Crippen LogP contribution >= 0.6 is 0 Å². The van der Waals surface area contributed by atoms with Gasteiger partial charge in [0.2, 0.25) is 0 Å². The number of anilines is 1. The third kappa shape index (κ3) is 7.48. The van der Waals surface area contributed by atoms with E-state index < -0.39 is 11.7 Å². The average Bonchev–Trinajstić information content (AvgIpc) is 2.44. The molecule has 0 saturated heterocycles. The van der Waals surface area contributed by atoms with E-state index in [0.29, 0.717) is 18.2 Å². The Morgan fingerprint density at radius 1 is 1.21 bits per heavy atom. The average molecular weight is 335 g/mol. The molecule has 6 N–H and O–H groups in total. The van der Waals surface area contributed by atoms with Crippen LogP contribution in [0.3, 0.4) is 0 Å². The third-order valence-electron chi connectivity index (χ3n) is 2.77. The molecule has 0 unspecified atom stereocenters. The van der Waals surface area contributed by atoms with Crippen molar-refractivity contribution in [1.29, 1.82) is 0 Å². The summed E-state index contributed by atoms with van der Waals surface area (Å²) in [5, 5.41) is 5.45. The first-order valence-electron chi connectivity index (χ1n) is 7.52. The molecule has 0 aliphatic carbocycles. The highest BCUT2D eigenvalue weighted by Gasteiger charge is 2.16. The topological polar surface area (TPSA) is 118 Å². The number of nitrogens with two attached hydrogens (primary N) is 2. The number of carbonyl (C=O) groups is 1. The van der Waals surface area contributed by atoms with Gasteiger partial charge in [-0.1, -0.05) is 12.1 Å². The van der Waals surface area contributed by atoms with Gasteiger partial charge in [-0.15, -0.1) is 0 Å². The van der Waals surface area contributed by atoms with Crippen molar-refractivity contribution in [1.82, 2.24) is 5.32 Å². The molecule has 0 spiro atoms. The number of amides is 1. The summed E-state index contributed by atoms with van der Waals surface area (Å²) in [6.07, 6.45) is -0.489. The maximum Gasteiger partial charge on any atom is 0.412 e. The number of hydrogen-bond acceptors (Lipinski definition) is 3. The number of rotatable bonds is 3. The van der Waals surface area contributed by atoms with Crippen molar-refractivity contribution < 1.29 is 14.1 Å². The molecule has 0 radical (unpaired) electrons. The summed E-state index contributed by atoms with van der Waals surface area (Å²) in [6, 6.07) is 7.25. The molecule has 1 rings (SSSR count). The Morgan fingerprint density at radius 2 is 1.79 bits per heavy atom. The fourth-order valence-electron chi connectivity index (χ4n) is 1.57. The molecule has 0 bridgehead atoms. The van der Waals surface area contributed by atoms with Crippen molar-refractivity contribution in [2.24, 2.45) is 16.5 Å². The van der Waals surface area contributed by atoms with Gasteiger partial charge in [0.1, 0.15) is 5.60 Å². The lowest BCUT2D eigenvalue weighted by atomic mass is 10.2. The van der Waals surface area contributed by atoms with E-state index in [4.69, 9.17) is 16.2 Å². The second kappa shape index (κ2) is 8.19. The van der Waals surface area contributed by atoms with Crippen LogP contribution in [-0.2, 0) is 11.3 Å². The molecule has 0 aliphatic rings. The van der Waals surface area contributed by atoms with Gasteiger partial charge in [0.05, 0.1) is 20.6 Å². The molecule has 1 aromatic carbocycles. The van der Waals surface area contributed by atoms with Crippen molar-refractivity contribution in [2.75, 3.05) is 19.4 Å². The standard InChI is InChI=1S/C16H26N6O2/c1-16(2,3)24-15(23)20-12-8-6-11(7-9-12)10-19-13(17)21-14(18)22(4)5/h6-9H,10H2,1-5H3,(H5,17,18,19,20,21,23)/p+1. The SMILES string of the molecule is C[N+](C)=C(N)NC(N)=NCc1ccc(NC(=O)OC(C)(C)C)cc1. The van der Waals surface area contributed by atoms with Gasteiger partial charge >= 0.3 is 12.1 Å². The van der Waals surface area contributed by atoms with Gasteiger partial charge in [0, 0.05) is 5.69 Å². The van der Waals surface area contributed by atoms with Crippen molar-refractivity contribution in [2.45, 2.75) is 32.9 Å². The largest absolute Gasteiger partial charge is 0.444 e. The molecule has 0 fully saturated rings. The number of ether oxygens (including phenoxy) is 1. The monoisotopic (exact) mass is 335 g/mol. The highest BCUT2D eigenvalue weighted by atomic mass is 16.6. The lowest BCUT2D eigenvalue weighted by Gasteiger charge is -2.19. The normalized spacial score (nSPS) is 11.6. The summed E-state index contributed by atoms with van der Waals surface area (Å²) >= 11 is 0. The van der Waals surface area contributed by atoms with Crippen molar-refractivity contribution in [3.63, 3.8) is 0 Å². The molecule has 1 aromatic rings. The Morgan fingerprint density at radius 3 is 2.29 bits per heavy atom. The maximum atomic E-state index is 11.7. The lowest BCUT2D eigenvalue weighted by molar-refractivity contribution is -0.467. The molecule has 0 heterocycles. The predicted octanol–water partition coefficient (Wildman–Crippen LogP) is 1.02. The fourth-order valence-corrected chi connectivity index (χ4v) is 1.57. The molecular weight excluding hydrogens is 308 g/mol. The Kier molecular flexibility index (Phi) is 6.58. The zero-order valence-electron chi connectivity index (χ0n) is 14.9. The van der Waals surface area contributed by atoms with Gasteiger partial charge in [0.25, 0.3) is 5.96 Å². The van der Waals surface area contributed by atoms with Crippen molar-refractivity contribution in [3.05, 3.63) is 29.8 Å². The highest BCUT2D eigenvalue weighted by Crippen LogP contribution is 2.13. The number of guanidine groups is 2. The van der Waals surface area contributed by atoms with Gasteiger partial charge in [-0.05, 0) is 38.5 Å². The molecular formula is C16H27N6O2+. The summed E-state index contributed by atoms with van der Waals surface area (Å²) in [6.45, 7) is 5.83. The van der Waals surface area contributed by atoms with Crippen LogP contribution in [0.15, 0.2) is 29.3 Å². The Balaban J connectivity index is 2.59. The van der Waals surface area contributed by atoms with Gasteiger partial charge in [-0.2, -0.15) is 0 Å². The summed E-state index contributed by atoms with van der Waals surface area (Å²) < 4.78 is 6.89. The molecule has 1 amide bonds. The van der Waals surface area contributed by atoms with Crippen LogP contribution in [0.4, 0.5) is 10.5 Å². The predicted molar refractivity (Wildman–Crippen MR) is 96.1 cm³/mol. The van der Waals surface area contributed by atoms with E-state index in [1.165, 1.54) is 0 Å². The quantitative estimate of drug-likeness (QED) is 0.374. The molecule has 8 nitrogen and oxygen atoms in total. The highest BCUT2D eigenvalue weighted by molar-refractivity contribution is 5.94. The van der Waals surface area contributed by atoms with Crippen LogP contribution in [0.1, 0.15) is 26.3 Å². The number of hydrogen-bond donors (Lipinski definition) is 4. The zero-order valence-corrected chi connectivity index (χ0v) is 14.9. The Bertz CT molecular complexity index is 625. The van der Waals surface area contributed by atoms with E-state index in [-0.39, 0.29) is 5.96 Å². The molecule has 0 aromatic heterocycles. The number of nitrogens with one attached hydrogen (secondary N) is 2. The van der Waals surface area contributed by atoms with Crippen LogP contribution < -0.4 is 22.1 Å². The number of nitrogens with zero attached hydrogens (tertiary/aromatic N) is 2. The van der Waals surface area contributed by atoms with Crippen molar-refractivity contribution in [3.8, 4) is 0 Å². The Hall–Kier alpha value is -2.77. The minimum atomic E-state index is -0.533. The summed E-state index contributed by atoms with van der Waals surface area (Å²) in [5.41, 5.74) is 12.5. The maximum absolute atomic E-state index is 11.7. The fraction of sp³-hybridized carbons (Fsp3) is 0.438. The van der Waals surface area contributed by atoms with Gasteiger partial charge in [0.15, 0.2) is 0 Å². The minimum Gasteiger partial charge on any atom is -0.444 e. The van der Waals surface area contributed by atoms with Gasteiger partial charge in [-0.25, -0.2) is 15.1 Å². The van der Waals surface area contributed by atoms with Crippen molar-refractivity contribution >= 4 is 23.7 Å². The smallest absolute Gasteiger partial charge is 0.412 e. The molecule has 24 heavy (non-hydrogen) atoms. The second-order valence-corrected chi connectivity index (χ2v) is 6.43. The third-order valence-corrected chi connectivity index (χ3v) is 2.77. The second-order valence-electron chi connectivity index (χ2n) is 6.43.